The van der Waals surface area contributed by atoms with Crippen LogP contribution >= 0.6 is 11.6 Å². The highest BCUT2D eigenvalue weighted by Crippen LogP contribution is 2.25. The number of hydrogen-bond donors (Lipinski definition) is 1. The van der Waals surface area contributed by atoms with E-state index in [2.05, 4.69) is 15.4 Å². The number of hydrogen-bond acceptors (Lipinski definition) is 5. The van der Waals surface area contributed by atoms with Crippen LogP contribution in [0.1, 0.15) is 19.6 Å². The molecule has 1 aromatic heterocycles. The predicted octanol–water partition coefficient (Wildman–Crippen LogP) is 2.95. The van der Waals surface area contributed by atoms with Crippen molar-refractivity contribution in [3.8, 4) is 0 Å². The lowest BCUT2D eigenvalue weighted by Gasteiger charge is -2.39. The van der Waals surface area contributed by atoms with Crippen molar-refractivity contribution in [1.29, 1.82) is 0 Å². The van der Waals surface area contributed by atoms with Crippen molar-refractivity contribution in [1.82, 2.24) is 10.1 Å². The molecular formula is C19H23ClN4O3. The third-order valence-corrected chi connectivity index (χ3v) is 4.95. The molecule has 144 valence electrons. The smallest absolute Gasteiger partial charge is 0.240 e. The van der Waals surface area contributed by atoms with Crippen LogP contribution in [-0.2, 0) is 9.59 Å². The molecule has 0 bridgehead atoms. The number of rotatable bonds is 4. The van der Waals surface area contributed by atoms with Crippen molar-refractivity contribution in [3.63, 3.8) is 0 Å². The minimum atomic E-state index is -1.20. The first-order valence-electron chi connectivity index (χ1n) is 8.82. The SMILES string of the molecule is Cc1cc(NC(=O)C(C)(C)C(=O)N2CCN(c3cccc(Cl)c3)CC2)no1. The largest absolute Gasteiger partial charge is 0.368 e. The van der Waals surface area contributed by atoms with E-state index in [9.17, 15) is 9.59 Å². The molecule has 8 heteroatoms. The number of halogens is 1. The third-order valence-electron chi connectivity index (χ3n) is 4.71. The molecule has 2 aromatic rings. The number of nitrogens with zero attached hydrogens (tertiary/aromatic N) is 3. The number of aryl methyl sites for hydroxylation is 1. The van der Waals surface area contributed by atoms with Crippen LogP contribution in [-0.4, -0.2) is 48.0 Å². The molecule has 0 atom stereocenters. The molecule has 7 nitrogen and oxygen atoms in total. The zero-order valence-electron chi connectivity index (χ0n) is 15.7. The fraction of sp³-hybridized carbons (Fsp3) is 0.421. The maximum Gasteiger partial charge on any atom is 0.240 e. The molecule has 0 radical (unpaired) electrons. The Morgan fingerprint density at radius 1 is 1.19 bits per heavy atom. The second-order valence-electron chi connectivity index (χ2n) is 7.16. The number of aromatic nitrogens is 1. The maximum absolute atomic E-state index is 12.9. The van der Waals surface area contributed by atoms with E-state index in [1.54, 1.807) is 31.7 Å². The second kappa shape index (κ2) is 7.60. The summed E-state index contributed by atoms with van der Waals surface area (Å²) in [5.74, 6) is 0.291. The lowest BCUT2D eigenvalue weighted by molar-refractivity contribution is -0.146. The van der Waals surface area contributed by atoms with E-state index in [0.29, 0.717) is 42.8 Å². The highest BCUT2D eigenvalue weighted by atomic mass is 35.5. The van der Waals surface area contributed by atoms with E-state index in [4.69, 9.17) is 16.1 Å². The molecule has 2 amide bonds. The van der Waals surface area contributed by atoms with Gasteiger partial charge in [0.15, 0.2) is 5.82 Å². The molecule has 0 spiro atoms. The van der Waals surface area contributed by atoms with E-state index in [1.165, 1.54) is 0 Å². The molecule has 0 unspecified atom stereocenters. The van der Waals surface area contributed by atoms with E-state index in [0.717, 1.165) is 5.69 Å². The van der Waals surface area contributed by atoms with E-state index in [1.807, 2.05) is 24.3 Å². The van der Waals surface area contributed by atoms with Crippen LogP contribution in [0.2, 0.25) is 5.02 Å². The standard InChI is InChI=1S/C19H23ClN4O3/c1-13-11-16(22-27-13)21-17(25)19(2,3)18(26)24-9-7-23(8-10-24)15-6-4-5-14(20)12-15/h4-6,11-12H,7-10H2,1-3H3,(H,21,22,25). The van der Waals surface area contributed by atoms with Crippen LogP contribution in [0.25, 0.3) is 0 Å². The Balaban J connectivity index is 1.61. The first-order valence-corrected chi connectivity index (χ1v) is 9.20. The lowest BCUT2D eigenvalue weighted by Crippen LogP contribution is -2.54. The lowest BCUT2D eigenvalue weighted by atomic mass is 9.90. The van der Waals surface area contributed by atoms with Gasteiger partial charge in [0.2, 0.25) is 11.8 Å². The van der Waals surface area contributed by atoms with Gasteiger partial charge in [0.25, 0.3) is 0 Å². The number of nitrogens with one attached hydrogen (secondary N) is 1. The molecule has 0 saturated carbocycles. The first-order chi connectivity index (χ1) is 12.8. The first kappa shape index (κ1) is 19.2. The Kier molecular flexibility index (Phi) is 5.41. The molecule has 3 rings (SSSR count). The Bertz CT molecular complexity index is 841. The van der Waals surface area contributed by atoms with Gasteiger partial charge in [-0.05, 0) is 39.0 Å². The van der Waals surface area contributed by atoms with Crippen molar-refractivity contribution in [2.75, 3.05) is 36.4 Å². The van der Waals surface area contributed by atoms with Gasteiger partial charge in [-0.2, -0.15) is 0 Å². The van der Waals surface area contributed by atoms with Gasteiger partial charge in [0, 0.05) is 43.0 Å². The summed E-state index contributed by atoms with van der Waals surface area (Å²) >= 11 is 6.06. The van der Waals surface area contributed by atoms with Gasteiger partial charge in [-0.3, -0.25) is 9.59 Å². The normalized spacial score (nSPS) is 15.0. The molecule has 27 heavy (non-hydrogen) atoms. The fourth-order valence-electron chi connectivity index (χ4n) is 3.03. The quantitative estimate of drug-likeness (QED) is 0.812. The zero-order chi connectivity index (χ0) is 19.6. The summed E-state index contributed by atoms with van der Waals surface area (Å²) in [6.45, 7) is 7.45. The number of piperazine rings is 1. The Hall–Kier alpha value is -2.54. The average Bonchev–Trinajstić information content (AvgIpc) is 3.06. The summed E-state index contributed by atoms with van der Waals surface area (Å²) in [7, 11) is 0. The van der Waals surface area contributed by atoms with E-state index < -0.39 is 11.3 Å². The number of anilines is 2. The second-order valence-corrected chi connectivity index (χ2v) is 7.60. The monoisotopic (exact) mass is 390 g/mol. The zero-order valence-corrected chi connectivity index (χ0v) is 16.4. The van der Waals surface area contributed by atoms with Gasteiger partial charge >= 0.3 is 0 Å². The number of carbonyl (C=O) groups excluding carboxylic acids is 2. The third kappa shape index (κ3) is 4.24. The van der Waals surface area contributed by atoms with Crippen molar-refractivity contribution < 1.29 is 14.1 Å². The summed E-state index contributed by atoms with van der Waals surface area (Å²) in [5, 5.41) is 7.08. The van der Waals surface area contributed by atoms with Gasteiger partial charge in [-0.1, -0.05) is 22.8 Å². The Labute approximate surface area is 163 Å². The molecule has 1 aromatic carbocycles. The molecule has 1 N–H and O–H groups in total. The van der Waals surface area contributed by atoms with Crippen LogP contribution in [0.3, 0.4) is 0 Å². The average molecular weight is 391 g/mol. The van der Waals surface area contributed by atoms with Gasteiger partial charge in [0.1, 0.15) is 11.2 Å². The van der Waals surface area contributed by atoms with Crippen LogP contribution < -0.4 is 10.2 Å². The topological polar surface area (TPSA) is 78.7 Å². The Morgan fingerprint density at radius 3 is 2.48 bits per heavy atom. The van der Waals surface area contributed by atoms with Crippen LogP contribution in [0.4, 0.5) is 11.5 Å². The van der Waals surface area contributed by atoms with Crippen molar-refractivity contribution in [2.24, 2.45) is 5.41 Å². The Morgan fingerprint density at radius 2 is 1.89 bits per heavy atom. The van der Waals surface area contributed by atoms with Gasteiger partial charge in [-0.25, -0.2) is 0 Å². The fourth-order valence-corrected chi connectivity index (χ4v) is 3.22. The highest BCUT2D eigenvalue weighted by Gasteiger charge is 2.40. The molecule has 2 heterocycles. The molecule has 1 aliphatic rings. The number of carbonyl (C=O) groups is 2. The summed E-state index contributed by atoms with van der Waals surface area (Å²) in [6, 6.07) is 9.27. The van der Waals surface area contributed by atoms with Gasteiger partial charge < -0.3 is 19.6 Å². The predicted molar refractivity (Wildman–Crippen MR) is 104 cm³/mol. The summed E-state index contributed by atoms with van der Waals surface area (Å²) in [5.41, 5.74) is -0.168. The van der Waals surface area contributed by atoms with Crippen LogP contribution in [0.5, 0.6) is 0 Å². The molecule has 1 saturated heterocycles. The van der Waals surface area contributed by atoms with Crippen molar-refractivity contribution in [3.05, 3.63) is 41.1 Å². The maximum atomic E-state index is 12.9. The molecular weight excluding hydrogens is 368 g/mol. The highest BCUT2D eigenvalue weighted by molar-refractivity contribution is 6.30. The molecule has 1 aliphatic heterocycles. The number of benzene rings is 1. The van der Waals surface area contributed by atoms with Crippen molar-refractivity contribution >= 4 is 34.9 Å². The summed E-state index contributed by atoms with van der Waals surface area (Å²) in [4.78, 5) is 29.4. The summed E-state index contributed by atoms with van der Waals surface area (Å²) in [6.07, 6.45) is 0. The minimum absolute atomic E-state index is 0.203. The van der Waals surface area contributed by atoms with Gasteiger partial charge in [0.05, 0.1) is 0 Å². The number of amides is 2. The molecule has 1 fully saturated rings. The minimum Gasteiger partial charge on any atom is -0.368 e. The van der Waals surface area contributed by atoms with E-state index >= 15 is 0 Å². The van der Waals surface area contributed by atoms with Crippen LogP contribution in [0.15, 0.2) is 34.9 Å². The van der Waals surface area contributed by atoms with E-state index in [-0.39, 0.29) is 5.91 Å². The van der Waals surface area contributed by atoms with Crippen molar-refractivity contribution in [2.45, 2.75) is 20.8 Å². The molecule has 0 aliphatic carbocycles. The summed E-state index contributed by atoms with van der Waals surface area (Å²) < 4.78 is 4.94. The van der Waals surface area contributed by atoms with Gasteiger partial charge in [-0.15, -0.1) is 0 Å². The van der Waals surface area contributed by atoms with Crippen LogP contribution in [0, 0.1) is 12.3 Å².